The van der Waals surface area contributed by atoms with Gasteiger partial charge >= 0.3 is 6.09 Å². The molecule has 4 N–H and O–H groups in total. The highest BCUT2D eigenvalue weighted by atomic mass is 32.1. The normalized spacial score (nSPS) is 16.8. The average Bonchev–Trinajstić information content (AvgIpc) is 3.90. The summed E-state index contributed by atoms with van der Waals surface area (Å²) in [4.78, 5) is 59.3. The molecule has 2 aliphatic rings. The number of aryl methyl sites for hydroxylation is 1. The maximum absolute atomic E-state index is 13.9. The fourth-order valence-corrected chi connectivity index (χ4v) is 8.05. The maximum atomic E-state index is 13.9. The number of hydrogen-bond acceptors (Lipinski definition) is 10. The highest BCUT2D eigenvalue weighted by Gasteiger charge is 2.44. The molecular weight excluding hydrogens is 747 g/mol. The van der Waals surface area contributed by atoms with E-state index in [1.807, 2.05) is 81.7 Å². The monoisotopic (exact) mass is 797 g/mol. The second-order valence-electron chi connectivity index (χ2n) is 15.4. The number of aliphatic hydroxyl groups excluding tert-OH is 1. The first-order chi connectivity index (χ1) is 27.4. The first-order valence-electron chi connectivity index (χ1n) is 19.2. The number of ether oxygens (including phenoxy) is 3. The molecule has 0 unspecified atom stereocenters. The molecule has 13 nitrogen and oxygen atoms in total. The number of aromatic nitrogens is 1. The first kappa shape index (κ1) is 41.5. The maximum Gasteiger partial charge on any atom is 0.407 e. The van der Waals surface area contributed by atoms with E-state index in [2.05, 4.69) is 45.2 Å². The Hall–Kier alpha value is -5.15. The number of aliphatic hydroxyl groups is 1. The van der Waals surface area contributed by atoms with Crippen molar-refractivity contribution in [2.24, 2.45) is 5.41 Å². The van der Waals surface area contributed by atoms with E-state index in [0.717, 1.165) is 44.0 Å². The zero-order chi connectivity index (χ0) is 40.5. The highest BCUT2D eigenvalue weighted by Crippen LogP contribution is 2.44. The standard InChI is InChI=1S/C43H51N5O8S/c1-27-38(57-26-46-27)29-15-13-28(14-16-29)22-45-40(51)36-21-30(49)23-48(36)41(52)39(43(2,3)4)47-37(50)25-55-20-19-54-18-17-44-42(53)56-24-35-33-11-7-5-9-31(33)32-10-6-8-12-34(32)35/h5-16,26,30,35-36,39,49H,17-25H2,1-4H3,(H,44,53)(H,45,51)(H,47,50)/t30-,36+,39-/m1/s1. The second kappa shape index (κ2) is 18.9. The number of nitrogens with one attached hydrogen (secondary N) is 3. The molecule has 57 heavy (non-hydrogen) atoms. The second-order valence-corrected chi connectivity index (χ2v) is 16.2. The summed E-state index contributed by atoms with van der Waals surface area (Å²) in [7, 11) is 0. The lowest BCUT2D eigenvalue weighted by atomic mass is 9.85. The Labute approximate surface area is 337 Å². The SMILES string of the molecule is Cc1ncsc1-c1ccc(CNC(=O)[C@@H]2C[C@@H](O)CN2C(=O)[C@@H](NC(=O)COCCOCCNC(=O)OCC2c3ccccc3-c3ccccc32)C(C)(C)C)cc1. The van der Waals surface area contributed by atoms with E-state index in [9.17, 15) is 24.3 Å². The Kier molecular flexibility index (Phi) is 13.7. The van der Waals surface area contributed by atoms with Crippen LogP contribution >= 0.6 is 11.3 Å². The number of carbonyl (C=O) groups excluding carboxylic acids is 4. The minimum absolute atomic E-state index is 0.0216. The van der Waals surface area contributed by atoms with Crippen molar-refractivity contribution < 1.29 is 38.5 Å². The van der Waals surface area contributed by atoms with Crippen molar-refractivity contribution in [3.05, 3.63) is 101 Å². The lowest BCUT2D eigenvalue weighted by Crippen LogP contribution is -2.58. The Bertz CT molecular complexity index is 1980. The van der Waals surface area contributed by atoms with Gasteiger partial charge in [0, 0.05) is 32.0 Å². The summed E-state index contributed by atoms with van der Waals surface area (Å²) >= 11 is 1.57. The first-order valence-corrected chi connectivity index (χ1v) is 20.1. The van der Waals surface area contributed by atoms with Crippen LogP contribution in [0.5, 0.6) is 0 Å². The Morgan fingerprint density at radius 3 is 2.23 bits per heavy atom. The smallest absolute Gasteiger partial charge is 0.407 e. The van der Waals surface area contributed by atoms with Gasteiger partial charge in [0.2, 0.25) is 17.7 Å². The third-order valence-corrected chi connectivity index (χ3v) is 11.2. The number of likely N-dealkylation sites (tertiary alicyclic amines) is 1. The van der Waals surface area contributed by atoms with Crippen LogP contribution in [0, 0.1) is 12.3 Å². The Balaban J connectivity index is 0.884. The summed E-state index contributed by atoms with van der Waals surface area (Å²) < 4.78 is 16.6. The number of thiazole rings is 1. The van der Waals surface area contributed by atoms with E-state index < -0.39 is 41.5 Å². The third kappa shape index (κ3) is 10.4. The van der Waals surface area contributed by atoms with Gasteiger partial charge in [-0.2, -0.15) is 0 Å². The number of hydrogen-bond donors (Lipinski definition) is 4. The van der Waals surface area contributed by atoms with Gasteiger partial charge in [-0.05, 0) is 45.7 Å². The van der Waals surface area contributed by atoms with Gasteiger partial charge in [0.05, 0.1) is 42.0 Å². The fraction of sp³-hybridized carbons (Fsp3) is 0.419. The number of rotatable bonds is 16. The summed E-state index contributed by atoms with van der Waals surface area (Å²) in [5.74, 6) is -1.36. The number of benzene rings is 3. The van der Waals surface area contributed by atoms with Gasteiger partial charge in [0.1, 0.15) is 25.3 Å². The molecule has 1 aliphatic heterocycles. The van der Waals surface area contributed by atoms with Crippen molar-refractivity contribution in [2.45, 2.75) is 64.8 Å². The van der Waals surface area contributed by atoms with Crippen LogP contribution in [0.3, 0.4) is 0 Å². The highest BCUT2D eigenvalue weighted by molar-refractivity contribution is 7.13. The molecule has 1 aromatic heterocycles. The molecule has 14 heteroatoms. The van der Waals surface area contributed by atoms with Crippen LogP contribution in [0.4, 0.5) is 4.79 Å². The molecule has 1 saturated heterocycles. The topological polar surface area (TPSA) is 168 Å². The van der Waals surface area contributed by atoms with Gasteiger partial charge in [-0.15, -0.1) is 11.3 Å². The zero-order valence-corrected chi connectivity index (χ0v) is 33.6. The number of carbonyl (C=O) groups is 4. The molecule has 0 spiro atoms. The molecule has 302 valence electrons. The molecule has 4 aromatic rings. The van der Waals surface area contributed by atoms with E-state index >= 15 is 0 Å². The van der Waals surface area contributed by atoms with Crippen LogP contribution in [0.25, 0.3) is 21.6 Å². The van der Waals surface area contributed by atoms with Gasteiger partial charge in [-0.25, -0.2) is 9.78 Å². The summed E-state index contributed by atoms with van der Waals surface area (Å²) in [6, 6.07) is 22.3. The largest absolute Gasteiger partial charge is 0.449 e. The molecule has 2 heterocycles. The van der Waals surface area contributed by atoms with Crippen molar-refractivity contribution in [2.75, 3.05) is 46.1 Å². The van der Waals surface area contributed by atoms with Gasteiger partial charge in [0.25, 0.3) is 0 Å². The number of fused-ring (bicyclic) bond motifs is 3. The van der Waals surface area contributed by atoms with Crippen molar-refractivity contribution >= 4 is 35.2 Å². The molecule has 4 amide bonds. The molecule has 0 saturated carbocycles. The predicted octanol–water partition coefficient (Wildman–Crippen LogP) is 4.80. The molecule has 6 rings (SSSR count). The van der Waals surface area contributed by atoms with Gasteiger partial charge < -0.3 is 40.2 Å². The summed E-state index contributed by atoms with van der Waals surface area (Å²) in [6.45, 7) is 8.31. The van der Waals surface area contributed by atoms with Crippen molar-refractivity contribution in [1.29, 1.82) is 0 Å². The van der Waals surface area contributed by atoms with Crippen molar-refractivity contribution in [1.82, 2.24) is 25.8 Å². The molecule has 0 radical (unpaired) electrons. The summed E-state index contributed by atoms with van der Waals surface area (Å²) in [6.07, 6.45) is -1.31. The molecular formula is C43H51N5O8S. The number of alkyl carbamates (subject to hydrolysis) is 1. The van der Waals surface area contributed by atoms with Crippen LogP contribution in [-0.4, -0.2) is 103 Å². The average molecular weight is 798 g/mol. The Morgan fingerprint density at radius 2 is 1.58 bits per heavy atom. The predicted molar refractivity (Wildman–Crippen MR) is 216 cm³/mol. The van der Waals surface area contributed by atoms with Crippen LogP contribution in [0.15, 0.2) is 78.3 Å². The number of nitrogens with zero attached hydrogens (tertiary/aromatic N) is 2. The van der Waals surface area contributed by atoms with Crippen LogP contribution in [0.1, 0.15) is 55.5 Å². The van der Waals surface area contributed by atoms with E-state index in [1.54, 1.807) is 11.3 Å². The summed E-state index contributed by atoms with van der Waals surface area (Å²) in [5.41, 5.74) is 8.60. The molecule has 1 fully saturated rings. The number of amides is 4. The Morgan fingerprint density at radius 1 is 0.912 bits per heavy atom. The van der Waals surface area contributed by atoms with E-state index in [1.165, 1.54) is 4.90 Å². The van der Waals surface area contributed by atoms with E-state index in [4.69, 9.17) is 14.2 Å². The zero-order valence-electron chi connectivity index (χ0n) is 32.8. The third-order valence-electron chi connectivity index (χ3n) is 10.2. The van der Waals surface area contributed by atoms with Crippen molar-refractivity contribution in [3.8, 4) is 21.6 Å². The van der Waals surface area contributed by atoms with Crippen molar-refractivity contribution in [3.63, 3.8) is 0 Å². The quantitative estimate of drug-likeness (QED) is 0.117. The van der Waals surface area contributed by atoms with Crippen LogP contribution in [0.2, 0.25) is 0 Å². The van der Waals surface area contributed by atoms with E-state index in [0.29, 0.717) is 0 Å². The molecule has 0 bridgehead atoms. The van der Waals surface area contributed by atoms with Crippen LogP contribution in [-0.2, 0) is 35.1 Å². The van der Waals surface area contributed by atoms with Gasteiger partial charge in [-0.1, -0.05) is 93.6 Å². The molecule has 3 atom stereocenters. The van der Waals surface area contributed by atoms with Gasteiger partial charge in [-0.3, -0.25) is 14.4 Å². The van der Waals surface area contributed by atoms with Gasteiger partial charge in [0.15, 0.2) is 0 Å². The summed E-state index contributed by atoms with van der Waals surface area (Å²) in [5, 5.41) is 18.9. The molecule has 1 aliphatic carbocycles. The van der Waals surface area contributed by atoms with E-state index in [-0.39, 0.29) is 70.9 Å². The molecule has 3 aromatic carbocycles. The fourth-order valence-electron chi connectivity index (χ4n) is 7.24. The minimum Gasteiger partial charge on any atom is -0.449 e. The van der Waals surface area contributed by atoms with Crippen LogP contribution < -0.4 is 16.0 Å². The minimum atomic E-state index is -0.975. The number of β-amino-alcohol motifs (C(OH)–C–C–N with tert-alkyl or cyclic N) is 1. The lowest BCUT2D eigenvalue weighted by Gasteiger charge is -2.35. The lowest BCUT2D eigenvalue weighted by molar-refractivity contribution is -0.144.